The normalized spacial score (nSPS) is 12.0. The van der Waals surface area contributed by atoms with Gasteiger partial charge in [0.15, 0.2) is 0 Å². The van der Waals surface area contributed by atoms with Gasteiger partial charge in [-0.15, -0.1) is 0 Å². The molecule has 3 aromatic rings. The number of nitrogens with one attached hydrogen (secondary N) is 1. The molecule has 10 heteroatoms. The third-order valence-corrected chi connectivity index (χ3v) is 7.82. The zero-order valence-corrected chi connectivity index (χ0v) is 24.2. The Labute approximate surface area is 241 Å². The second-order valence-electron chi connectivity index (χ2n) is 9.89. The van der Waals surface area contributed by atoms with Gasteiger partial charge in [0, 0.05) is 32.5 Å². The Morgan fingerprint density at radius 3 is 2.17 bits per heavy atom. The van der Waals surface area contributed by atoms with E-state index in [1.165, 1.54) is 41.3 Å². The molecule has 0 aliphatic carbocycles. The summed E-state index contributed by atoms with van der Waals surface area (Å²) in [7, 11) is -3.83. The van der Waals surface area contributed by atoms with Crippen LogP contribution in [0.15, 0.2) is 78.9 Å². The lowest BCUT2D eigenvalue weighted by molar-refractivity contribution is -0.141. The van der Waals surface area contributed by atoms with Crippen molar-refractivity contribution in [2.45, 2.75) is 51.6 Å². The van der Waals surface area contributed by atoms with Crippen molar-refractivity contribution in [2.75, 3.05) is 23.7 Å². The number of anilines is 1. The van der Waals surface area contributed by atoms with Crippen LogP contribution in [0.3, 0.4) is 0 Å². The van der Waals surface area contributed by atoms with Gasteiger partial charge in [0.1, 0.15) is 17.7 Å². The number of carbonyl (C=O) groups is 2. The molecule has 0 spiro atoms. The molecular formula is C31H37F2N3O4S. The minimum atomic E-state index is -3.83. The lowest BCUT2D eigenvalue weighted by Gasteiger charge is -2.32. The number of sulfonamides is 1. The lowest BCUT2D eigenvalue weighted by Crippen LogP contribution is -2.50. The Balaban J connectivity index is 1.87. The number of nitrogens with zero attached hydrogens (tertiary/aromatic N) is 2. The average molecular weight is 586 g/mol. The quantitative estimate of drug-likeness (QED) is 0.253. The molecule has 0 saturated heterocycles. The van der Waals surface area contributed by atoms with Crippen molar-refractivity contribution in [1.82, 2.24) is 10.2 Å². The topological polar surface area (TPSA) is 86.8 Å². The first-order chi connectivity index (χ1) is 19.6. The Morgan fingerprint density at radius 2 is 1.54 bits per heavy atom. The molecule has 0 aromatic heterocycles. The van der Waals surface area contributed by atoms with Crippen LogP contribution in [-0.4, -0.2) is 50.5 Å². The molecule has 41 heavy (non-hydrogen) atoms. The van der Waals surface area contributed by atoms with E-state index in [-0.39, 0.29) is 49.9 Å². The highest BCUT2D eigenvalue weighted by Gasteiger charge is 2.30. The summed E-state index contributed by atoms with van der Waals surface area (Å²) in [6, 6.07) is 19.8. The number of halogens is 2. The highest BCUT2D eigenvalue weighted by molar-refractivity contribution is 7.92. The van der Waals surface area contributed by atoms with Gasteiger partial charge in [0.2, 0.25) is 21.8 Å². The Hall–Kier alpha value is -3.79. The van der Waals surface area contributed by atoms with Crippen LogP contribution < -0.4 is 9.62 Å². The zero-order chi connectivity index (χ0) is 29.8. The van der Waals surface area contributed by atoms with Gasteiger partial charge in [-0.25, -0.2) is 17.2 Å². The first-order valence-corrected chi connectivity index (χ1v) is 15.5. The number of amides is 2. The van der Waals surface area contributed by atoms with Crippen LogP contribution in [0.5, 0.6) is 0 Å². The Morgan fingerprint density at radius 1 is 0.878 bits per heavy atom. The highest BCUT2D eigenvalue weighted by atomic mass is 32.2. The second-order valence-corrected chi connectivity index (χ2v) is 11.8. The first-order valence-electron chi connectivity index (χ1n) is 13.7. The molecule has 7 nitrogen and oxygen atoms in total. The number of para-hydroxylation sites is 1. The molecule has 0 bridgehead atoms. The predicted octanol–water partition coefficient (Wildman–Crippen LogP) is 5.07. The largest absolute Gasteiger partial charge is 0.354 e. The number of rotatable bonds is 15. The van der Waals surface area contributed by atoms with Crippen LogP contribution >= 0.6 is 0 Å². The van der Waals surface area contributed by atoms with Crippen molar-refractivity contribution in [3.05, 3.63) is 102 Å². The third-order valence-electron chi connectivity index (χ3n) is 6.64. The molecule has 0 aliphatic heterocycles. The number of unbranched alkanes of at least 4 members (excludes halogenated alkanes) is 1. The standard InChI is InChI=1S/C31H37F2N3O4S/c1-3-4-20-34-31(38)29(22-24-11-6-5-7-12-24)35(23-25-16-18-26(32)19-17-25)30(37)15-10-21-36(41(2,39)40)28-14-9-8-13-27(28)33/h5-9,11-14,16-19,29H,3-4,10,15,20-23H2,1-2H3,(H,34,38)/t29-/m0/s1. The van der Waals surface area contributed by atoms with E-state index in [0.29, 0.717) is 12.1 Å². The third kappa shape index (κ3) is 9.67. The van der Waals surface area contributed by atoms with Gasteiger partial charge in [-0.3, -0.25) is 13.9 Å². The summed E-state index contributed by atoms with van der Waals surface area (Å²) in [5.74, 6) is -1.78. The van der Waals surface area contributed by atoms with E-state index in [1.54, 1.807) is 12.1 Å². The van der Waals surface area contributed by atoms with E-state index in [0.717, 1.165) is 29.0 Å². The molecule has 220 valence electrons. The van der Waals surface area contributed by atoms with E-state index >= 15 is 0 Å². The molecule has 0 radical (unpaired) electrons. The van der Waals surface area contributed by atoms with Crippen LogP contribution in [0.4, 0.5) is 14.5 Å². The second kappa shape index (κ2) is 15.3. The fraction of sp³-hybridized carbons (Fsp3) is 0.355. The SMILES string of the molecule is CCCCNC(=O)[C@H](Cc1ccccc1)N(Cc1ccc(F)cc1)C(=O)CCCN(c1ccccc1F)S(C)(=O)=O. The van der Waals surface area contributed by atoms with Gasteiger partial charge in [0.05, 0.1) is 11.9 Å². The number of hydrogen-bond donors (Lipinski definition) is 1. The van der Waals surface area contributed by atoms with E-state index in [1.807, 2.05) is 37.3 Å². The van der Waals surface area contributed by atoms with Gasteiger partial charge in [0.25, 0.3) is 0 Å². The average Bonchev–Trinajstić information content (AvgIpc) is 2.94. The van der Waals surface area contributed by atoms with Gasteiger partial charge < -0.3 is 10.2 Å². The van der Waals surface area contributed by atoms with E-state index in [9.17, 15) is 26.8 Å². The monoisotopic (exact) mass is 585 g/mol. The maximum atomic E-state index is 14.4. The minimum Gasteiger partial charge on any atom is -0.354 e. The summed E-state index contributed by atoms with van der Waals surface area (Å²) in [5.41, 5.74) is 1.41. The molecule has 0 heterocycles. The zero-order valence-electron chi connectivity index (χ0n) is 23.4. The van der Waals surface area contributed by atoms with Crippen molar-refractivity contribution in [2.24, 2.45) is 0 Å². The van der Waals surface area contributed by atoms with Crippen molar-refractivity contribution in [1.29, 1.82) is 0 Å². The summed E-state index contributed by atoms with van der Waals surface area (Å²) in [6.45, 7) is 2.41. The summed E-state index contributed by atoms with van der Waals surface area (Å²) < 4.78 is 53.9. The molecule has 2 amide bonds. The number of carbonyl (C=O) groups excluding carboxylic acids is 2. The molecular weight excluding hydrogens is 548 g/mol. The van der Waals surface area contributed by atoms with E-state index < -0.39 is 27.7 Å². The molecule has 0 unspecified atom stereocenters. The van der Waals surface area contributed by atoms with Gasteiger partial charge >= 0.3 is 0 Å². The van der Waals surface area contributed by atoms with Gasteiger partial charge in [-0.1, -0.05) is 67.9 Å². The maximum absolute atomic E-state index is 14.4. The van der Waals surface area contributed by atoms with Gasteiger partial charge in [-0.05, 0) is 48.2 Å². The first kappa shape index (κ1) is 31.7. The number of hydrogen-bond acceptors (Lipinski definition) is 4. The summed E-state index contributed by atoms with van der Waals surface area (Å²) >= 11 is 0. The molecule has 1 atom stereocenters. The van der Waals surface area contributed by atoms with Crippen molar-refractivity contribution in [3.8, 4) is 0 Å². The Bertz CT molecular complexity index is 1390. The van der Waals surface area contributed by atoms with Crippen LogP contribution in [-0.2, 0) is 32.6 Å². The summed E-state index contributed by atoms with van der Waals surface area (Å²) in [6.07, 6.45) is 2.92. The Kier molecular flexibility index (Phi) is 11.8. The molecule has 1 N–H and O–H groups in total. The van der Waals surface area contributed by atoms with Gasteiger partial charge in [-0.2, -0.15) is 0 Å². The smallest absolute Gasteiger partial charge is 0.243 e. The minimum absolute atomic E-state index is 0.0565. The van der Waals surface area contributed by atoms with Crippen molar-refractivity contribution >= 4 is 27.5 Å². The molecule has 0 aliphatic rings. The van der Waals surface area contributed by atoms with Crippen molar-refractivity contribution < 1.29 is 26.8 Å². The number of benzene rings is 3. The van der Waals surface area contributed by atoms with E-state index in [4.69, 9.17) is 0 Å². The fourth-order valence-corrected chi connectivity index (χ4v) is 5.45. The van der Waals surface area contributed by atoms with Crippen molar-refractivity contribution in [3.63, 3.8) is 0 Å². The van der Waals surface area contributed by atoms with E-state index in [2.05, 4.69) is 5.32 Å². The maximum Gasteiger partial charge on any atom is 0.243 e. The fourth-order valence-electron chi connectivity index (χ4n) is 4.48. The predicted molar refractivity (Wildman–Crippen MR) is 157 cm³/mol. The highest BCUT2D eigenvalue weighted by Crippen LogP contribution is 2.23. The molecule has 0 fully saturated rings. The molecule has 3 rings (SSSR count). The summed E-state index contributed by atoms with van der Waals surface area (Å²) in [5, 5.41) is 2.93. The van der Waals surface area contributed by atoms with Crippen LogP contribution in [0, 0.1) is 11.6 Å². The molecule has 0 saturated carbocycles. The van der Waals surface area contributed by atoms with Crippen LogP contribution in [0.2, 0.25) is 0 Å². The summed E-state index contributed by atoms with van der Waals surface area (Å²) in [4.78, 5) is 28.7. The molecule has 3 aromatic carbocycles. The van der Waals surface area contributed by atoms with Crippen LogP contribution in [0.25, 0.3) is 0 Å². The lowest BCUT2D eigenvalue weighted by atomic mass is 10.0. The van der Waals surface area contributed by atoms with Crippen LogP contribution in [0.1, 0.15) is 43.7 Å².